The predicted molar refractivity (Wildman–Crippen MR) is 64.1 cm³/mol. The predicted octanol–water partition coefficient (Wildman–Crippen LogP) is 1.14. The standard InChI is InChI=1S/C12H24N2O2/c1-2-16-10-12(15)14(9-5-8-13)11-6-3-4-7-11/h11H,2-10,13H2,1H3. The van der Waals surface area contributed by atoms with Gasteiger partial charge in [0.05, 0.1) is 0 Å². The van der Waals surface area contributed by atoms with Gasteiger partial charge in [-0.2, -0.15) is 0 Å². The third-order valence-corrected chi connectivity index (χ3v) is 3.12. The molecule has 0 aromatic carbocycles. The van der Waals surface area contributed by atoms with Gasteiger partial charge >= 0.3 is 0 Å². The van der Waals surface area contributed by atoms with Gasteiger partial charge in [0.15, 0.2) is 0 Å². The Hall–Kier alpha value is -0.610. The fourth-order valence-electron chi connectivity index (χ4n) is 2.26. The zero-order chi connectivity index (χ0) is 11.8. The molecule has 0 bridgehead atoms. The Morgan fingerprint density at radius 3 is 2.69 bits per heavy atom. The number of nitrogens with two attached hydrogens (primary N) is 1. The average Bonchev–Trinajstić information content (AvgIpc) is 2.80. The van der Waals surface area contributed by atoms with Crippen LogP contribution in [0.15, 0.2) is 0 Å². The van der Waals surface area contributed by atoms with Crippen LogP contribution in [0.1, 0.15) is 39.0 Å². The molecule has 1 fully saturated rings. The van der Waals surface area contributed by atoms with Crippen LogP contribution in [0, 0.1) is 0 Å². The van der Waals surface area contributed by atoms with Crippen LogP contribution in [0.3, 0.4) is 0 Å². The highest BCUT2D eigenvalue weighted by atomic mass is 16.5. The highest BCUT2D eigenvalue weighted by molar-refractivity contribution is 5.77. The molecule has 4 heteroatoms. The lowest BCUT2D eigenvalue weighted by atomic mass is 10.2. The Kier molecular flexibility index (Phi) is 6.42. The molecule has 1 rings (SSSR count). The van der Waals surface area contributed by atoms with Gasteiger partial charge in [0.25, 0.3) is 0 Å². The van der Waals surface area contributed by atoms with E-state index in [4.69, 9.17) is 10.5 Å². The minimum atomic E-state index is 0.127. The molecule has 94 valence electrons. The van der Waals surface area contributed by atoms with Crippen LogP contribution in [0.2, 0.25) is 0 Å². The minimum Gasteiger partial charge on any atom is -0.372 e. The number of hydrogen-bond acceptors (Lipinski definition) is 3. The fourth-order valence-corrected chi connectivity index (χ4v) is 2.26. The molecule has 2 N–H and O–H groups in total. The van der Waals surface area contributed by atoms with E-state index in [1.807, 2.05) is 11.8 Å². The fraction of sp³-hybridized carbons (Fsp3) is 0.917. The monoisotopic (exact) mass is 228 g/mol. The molecule has 4 nitrogen and oxygen atoms in total. The van der Waals surface area contributed by atoms with Gasteiger partial charge in [-0.25, -0.2) is 0 Å². The second-order valence-corrected chi connectivity index (χ2v) is 4.30. The molecule has 0 spiro atoms. The molecular formula is C12H24N2O2. The SMILES string of the molecule is CCOCC(=O)N(CCCN)C1CCCC1. The number of rotatable bonds is 7. The molecule has 0 unspecified atom stereocenters. The summed E-state index contributed by atoms with van der Waals surface area (Å²) in [5.74, 6) is 0.127. The highest BCUT2D eigenvalue weighted by Gasteiger charge is 2.25. The normalized spacial score (nSPS) is 16.6. The third kappa shape index (κ3) is 4.10. The van der Waals surface area contributed by atoms with Gasteiger partial charge in [-0.15, -0.1) is 0 Å². The highest BCUT2D eigenvalue weighted by Crippen LogP contribution is 2.23. The lowest BCUT2D eigenvalue weighted by Crippen LogP contribution is -2.42. The molecule has 16 heavy (non-hydrogen) atoms. The minimum absolute atomic E-state index is 0.127. The molecule has 1 saturated carbocycles. The van der Waals surface area contributed by atoms with Crippen molar-refractivity contribution in [3.8, 4) is 0 Å². The van der Waals surface area contributed by atoms with Crippen LogP contribution in [0.4, 0.5) is 0 Å². The van der Waals surface area contributed by atoms with Gasteiger partial charge in [0.1, 0.15) is 6.61 Å². The lowest BCUT2D eigenvalue weighted by molar-refractivity contribution is -0.138. The van der Waals surface area contributed by atoms with E-state index in [1.54, 1.807) is 0 Å². The van der Waals surface area contributed by atoms with E-state index >= 15 is 0 Å². The molecule has 1 aliphatic rings. The van der Waals surface area contributed by atoms with Gasteiger partial charge in [0.2, 0.25) is 5.91 Å². The molecule has 0 aromatic heterocycles. The number of amides is 1. The first kappa shape index (κ1) is 13.5. The molecule has 1 amide bonds. The third-order valence-electron chi connectivity index (χ3n) is 3.12. The van der Waals surface area contributed by atoms with Gasteiger partial charge in [-0.3, -0.25) is 4.79 Å². The van der Waals surface area contributed by atoms with Crippen molar-refractivity contribution < 1.29 is 9.53 Å². The lowest BCUT2D eigenvalue weighted by Gasteiger charge is -2.28. The van der Waals surface area contributed by atoms with Crippen LogP contribution in [0.5, 0.6) is 0 Å². The topological polar surface area (TPSA) is 55.6 Å². The van der Waals surface area contributed by atoms with E-state index in [0.717, 1.165) is 25.8 Å². The summed E-state index contributed by atoms with van der Waals surface area (Å²) in [7, 11) is 0. The van der Waals surface area contributed by atoms with Crippen molar-refractivity contribution in [2.45, 2.75) is 45.1 Å². The molecule has 0 aromatic rings. The number of hydrogen-bond donors (Lipinski definition) is 1. The second-order valence-electron chi connectivity index (χ2n) is 4.30. The average molecular weight is 228 g/mol. The molecule has 0 aliphatic heterocycles. The van der Waals surface area contributed by atoms with Crippen molar-refractivity contribution in [1.82, 2.24) is 4.90 Å². The van der Waals surface area contributed by atoms with E-state index in [1.165, 1.54) is 12.8 Å². The van der Waals surface area contributed by atoms with Crippen LogP contribution in [-0.4, -0.2) is 43.2 Å². The first-order valence-corrected chi connectivity index (χ1v) is 6.36. The molecule has 0 saturated heterocycles. The Morgan fingerprint density at radius 1 is 1.44 bits per heavy atom. The van der Waals surface area contributed by atoms with Crippen LogP contribution in [0.25, 0.3) is 0 Å². The smallest absolute Gasteiger partial charge is 0.248 e. The Morgan fingerprint density at radius 2 is 2.12 bits per heavy atom. The molecule has 0 atom stereocenters. The second kappa shape index (κ2) is 7.63. The maximum atomic E-state index is 12.0. The largest absolute Gasteiger partial charge is 0.372 e. The number of carbonyl (C=O) groups excluding carboxylic acids is 1. The number of ether oxygens (including phenoxy) is 1. The Labute approximate surface area is 98.1 Å². The van der Waals surface area contributed by atoms with Crippen molar-refractivity contribution in [2.75, 3.05) is 26.3 Å². The van der Waals surface area contributed by atoms with E-state index in [9.17, 15) is 4.79 Å². The molecule has 0 radical (unpaired) electrons. The zero-order valence-electron chi connectivity index (χ0n) is 10.3. The summed E-state index contributed by atoms with van der Waals surface area (Å²) >= 11 is 0. The van der Waals surface area contributed by atoms with Crippen molar-refractivity contribution in [1.29, 1.82) is 0 Å². The summed E-state index contributed by atoms with van der Waals surface area (Å²) in [6, 6.07) is 0.430. The summed E-state index contributed by atoms with van der Waals surface area (Å²) in [5, 5.41) is 0. The molecular weight excluding hydrogens is 204 g/mol. The summed E-state index contributed by atoms with van der Waals surface area (Å²) in [6.45, 7) is 4.16. The van der Waals surface area contributed by atoms with Crippen molar-refractivity contribution >= 4 is 5.91 Å². The van der Waals surface area contributed by atoms with Crippen molar-refractivity contribution in [3.63, 3.8) is 0 Å². The first-order chi connectivity index (χ1) is 7.79. The summed E-state index contributed by atoms with van der Waals surface area (Å²) in [6.07, 6.45) is 5.65. The maximum Gasteiger partial charge on any atom is 0.248 e. The summed E-state index contributed by atoms with van der Waals surface area (Å²) in [4.78, 5) is 13.9. The Balaban J connectivity index is 2.44. The number of nitrogens with zero attached hydrogens (tertiary/aromatic N) is 1. The van der Waals surface area contributed by atoms with Crippen molar-refractivity contribution in [3.05, 3.63) is 0 Å². The van der Waals surface area contributed by atoms with Gasteiger partial charge < -0.3 is 15.4 Å². The quantitative estimate of drug-likeness (QED) is 0.711. The van der Waals surface area contributed by atoms with E-state index in [-0.39, 0.29) is 12.5 Å². The van der Waals surface area contributed by atoms with Gasteiger partial charge in [0, 0.05) is 19.2 Å². The van der Waals surface area contributed by atoms with Gasteiger partial charge in [-0.05, 0) is 32.7 Å². The summed E-state index contributed by atoms with van der Waals surface area (Å²) < 4.78 is 5.19. The maximum absolute atomic E-state index is 12.0. The van der Waals surface area contributed by atoms with Crippen LogP contribution < -0.4 is 5.73 Å². The zero-order valence-corrected chi connectivity index (χ0v) is 10.3. The Bertz CT molecular complexity index is 203. The van der Waals surface area contributed by atoms with Crippen LogP contribution >= 0.6 is 0 Å². The first-order valence-electron chi connectivity index (χ1n) is 6.36. The summed E-state index contributed by atoms with van der Waals surface area (Å²) in [5.41, 5.74) is 5.51. The van der Waals surface area contributed by atoms with Crippen LogP contribution in [-0.2, 0) is 9.53 Å². The molecule has 1 aliphatic carbocycles. The number of carbonyl (C=O) groups is 1. The molecule has 0 heterocycles. The van der Waals surface area contributed by atoms with Gasteiger partial charge in [-0.1, -0.05) is 12.8 Å². The van der Waals surface area contributed by atoms with Crippen molar-refractivity contribution in [2.24, 2.45) is 5.73 Å². The van der Waals surface area contributed by atoms with E-state index < -0.39 is 0 Å². The van der Waals surface area contributed by atoms with E-state index in [2.05, 4.69) is 0 Å². The van der Waals surface area contributed by atoms with E-state index in [0.29, 0.717) is 19.2 Å².